The topological polar surface area (TPSA) is 57.5 Å². The van der Waals surface area contributed by atoms with Crippen LogP contribution in [0.2, 0.25) is 0 Å². The van der Waals surface area contributed by atoms with Crippen LogP contribution in [0.25, 0.3) is 0 Å². The lowest BCUT2D eigenvalue weighted by Gasteiger charge is -2.20. The van der Waals surface area contributed by atoms with E-state index in [-0.39, 0.29) is 24.4 Å². The molecule has 0 radical (unpaired) electrons. The lowest BCUT2D eigenvalue weighted by Crippen LogP contribution is -2.21. The minimum Gasteiger partial charge on any atom is -0.481 e. The van der Waals surface area contributed by atoms with E-state index < -0.39 is 5.97 Å². The Labute approximate surface area is 91.5 Å². The first-order valence-electron chi connectivity index (χ1n) is 6.05. The fraction of sp³-hybridized carbons (Fsp3) is 0.917. The first kappa shape index (κ1) is 12.5. The summed E-state index contributed by atoms with van der Waals surface area (Å²) in [5.74, 6) is -0.295. The minimum atomic E-state index is -0.727. The molecular weight excluding hydrogens is 192 g/mol. The van der Waals surface area contributed by atoms with Crippen LogP contribution in [0.3, 0.4) is 0 Å². The number of carboxylic acids is 1. The van der Waals surface area contributed by atoms with Crippen LogP contribution in [0.5, 0.6) is 0 Å². The van der Waals surface area contributed by atoms with Gasteiger partial charge in [0.15, 0.2) is 0 Å². The second kappa shape index (κ2) is 6.11. The molecule has 0 unspecified atom stereocenters. The first-order chi connectivity index (χ1) is 7.15. The number of hydrogen-bond acceptors (Lipinski definition) is 2. The zero-order valence-corrected chi connectivity index (χ0v) is 9.48. The third-order valence-corrected chi connectivity index (χ3v) is 3.51. The third kappa shape index (κ3) is 3.82. The van der Waals surface area contributed by atoms with E-state index in [0.717, 1.165) is 25.7 Å². The van der Waals surface area contributed by atoms with E-state index >= 15 is 0 Å². The molecule has 1 saturated carbocycles. The second-order valence-electron chi connectivity index (χ2n) is 4.66. The van der Waals surface area contributed by atoms with Crippen LogP contribution in [0, 0.1) is 11.8 Å². The first-order valence-corrected chi connectivity index (χ1v) is 6.05. The second-order valence-corrected chi connectivity index (χ2v) is 4.66. The number of rotatable bonds is 6. The highest BCUT2D eigenvalue weighted by Crippen LogP contribution is 2.37. The monoisotopic (exact) mass is 214 g/mol. The predicted octanol–water partition coefficient (Wildman–Crippen LogP) is 2.43. The number of hydrogen-bond donors (Lipinski definition) is 2. The van der Waals surface area contributed by atoms with Crippen molar-refractivity contribution >= 4 is 5.97 Å². The highest BCUT2D eigenvalue weighted by Gasteiger charge is 2.35. The van der Waals surface area contributed by atoms with Gasteiger partial charge in [-0.05, 0) is 31.1 Å². The molecule has 88 valence electrons. The quantitative estimate of drug-likeness (QED) is 0.668. The summed E-state index contributed by atoms with van der Waals surface area (Å²) in [5, 5.41) is 18.5. The zero-order chi connectivity index (χ0) is 11.3. The molecule has 0 aromatic heterocycles. The van der Waals surface area contributed by atoms with Crippen LogP contribution in [0.4, 0.5) is 0 Å². The standard InChI is InChI=1S/C12H22O3/c1-2-3-4-5-10-9(8-12(14)15)6-7-11(10)13/h9-11,13H,2-8H2,1H3,(H,14,15)/t9-,10-,11+/m1/s1. The lowest BCUT2D eigenvalue weighted by atomic mass is 9.87. The van der Waals surface area contributed by atoms with Gasteiger partial charge in [-0.1, -0.05) is 26.2 Å². The molecule has 0 spiro atoms. The predicted molar refractivity (Wildman–Crippen MR) is 58.6 cm³/mol. The van der Waals surface area contributed by atoms with Gasteiger partial charge in [0.25, 0.3) is 0 Å². The van der Waals surface area contributed by atoms with Gasteiger partial charge < -0.3 is 10.2 Å². The van der Waals surface area contributed by atoms with Crippen molar-refractivity contribution in [2.24, 2.45) is 11.8 Å². The van der Waals surface area contributed by atoms with Crippen molar-refractivity contribution < 1.29 is 15.0 Å². The van der Waals surface area contributed by atoms with Crippen LogP contribution >= 0.6 is 0 Å². The van der Waals surface area contributed by atoms with Gasteiger partial charge in [-0.2, -0.15) is 0 Å². The Hall–Kier alpha value is -0.570. The maximum absolute atomic E-state index is 10.7. The SMILES string of the molecule is CCCCC[C@@H]1[C@@H](CC(=O)O)CC[C@@H]1O. The fourth-order valence-electron chi connectivity index (χ4n) is 2.66. The lowest BCUT2D eigenvalue weighted by molar-refractivity contribution is -0.138. The average Bonchev–Trinajstić information content (AvgIpc) is 2.49. The van der Waals surface area contributed by atoms with Crippen LogP contribution in [-0.2, 0) is 4.79 Å². The summed E-state index contributed by atoms with van der Waals surface area (Å²) in [4.78, 5) is 10.7. The molecule has 2 N–H and O–H groups in total. The Kier molecular flexibility index (Phi) is 5.09. The van der Waals surface area contributed by atoms with Gasteiger partial charge in [-0.15, -0.1) is 0 Å². The van der Waals surface area contributed by atoms with Gasteiger partial charge in [-0.25, -0.2) is 0 Å². The number of unbranched alkanes of at least 4 members (excludes halogenated alkanes) is 2. The number of aliphatic hydroxyl groups excluding tert-OH is 1. The van der Waals surface area contributed by atoms with Crippen molar-refractivity contribution in [3.8, 4) is 0 Å². The Morgan fingerprint density at radius 3 is 2.67 bits per heavy atom. The van der Waals surface area contributed by atoms with E-state index in [4.69, 9.17) is 5.11 Å². The molecular formula is C12H22O3. The van der Waals surface area contributed by atoms with E-state index in [1.165, 1.54) is 12.8 Å². The Balaban J connectivity index is 2.38. The molecule has 15 heavy (non-hydrogen) atoms. The summed E-state index contributed by atoms with van der Waals surface area (Å²) in [6.45, 7) is 2.15. The summed E-state index contributed by atoms with van der Waals surface area (Å²) in [6, 6.07) is 0. The van der Waals surface area contributed by atoms with E-state index in [0.29, 0.717) is 0 Å². The molecule has 0 amide bonds. The molecule has 0 aliphatic heterocycles. The molecule has 0 bridgehead atoms. The zero-order valence-electron chi connectivity index (χ0n) is 9.48. The summed E-state index contributed by atoms with van der Waals surface area (Å²) in [5.41, 5.74) is 0. The van der Waals surface area contributed by atoms with E-state index in [9.17, 15) is 9.90 Å². The maximum Gasteiger partial charge on any atom is 0.303 e. The van der Waals surface area contributed by atoms with Gasteiger partial charge in [0.1, 0.15) is 0 Å². The van der Waals surface area contributed by atoms with E-state index in [1.54, 1.807) is 0 Å². The normalized spacial score (nSPS) is 30.7. The van der Waals surface area contributed by atoms with Gasteiger partial charge >= 0.3 is 5.97 Å². The van der Waals surface area contributed by atoms with Crippen molar-refractivity contribution in [1.29, 1.82) is 0 Å². The molecule has 1 fully saturated rings. The van der Waals surface area contributed by atoms with Gasteiger partial charge in [0.2, 0.25) is 0 Å². The largest absolute Gasteiger partial charge is 0.481 e. The molecule has 0 aromatic carbocycles. The highest BCUT2D eigenvalue weighted by molar-refractivity contribution is 5.67. The maximum atomic E-state index is 10.7. The van der Waals surface area contributed by atoms with Crippen molar-refractivity contribution in [3.05, 3.63) is 0 Å². The van der Waals surface area contributed by atoms with Crippen LogP contribution < -0.4 is 0 Å². The van der Waals surface area contributed by atoms with Crippen molar-refractivity contribution in [2.75, 3.05) is 0 Å². The fourth-order valence-corrected chi connectivity index (χ4v) is 2.66. The summed E-state index contributed by atoms with van der Waals surface area (Å²) in [6.07, 6.45) is 6.11. The molecule has 0 saturated heterocycles. The Bertz CT molecular complexity index is 203. The molecule has 3 atom stereocenters. The molecule has 1 aliphatic carbocycles. The molecule has 3 heteroatoms. The molecule has 1 aliphatic rings. The van der Waals surface area contributed by atoms with Crippen molar-refractivity contribution in [2.45, 2.75) is 58.0 Å². The summed E-state index contributed by atoms with van der Waals surface area (Å²) < 4.78 is 0. The van der Waals surface area contributed by atoms with Crippen LogP contribution in [0.1, 0.15) is 51.9 Å². The summed E-state index contributed by atoms with van der Waals surface area (Å²) >= 11 is 0. The number of aliphatic hydroxyl groups is 1. The van der Waals surface area contributed by atoms with E-state index in [2.05, 4.69) is 6.92 Å². The van der Waals surface area contributed by atoms with E-state index in [1.807, 2.05) is 0 Å². The number of carboxylic acid groups (broad SMARTS) is 1. The smallest absolute Gasteiger partial charge is 0.303 e. The van der Waals surface area contributed by atoms with Gasteiger partial charge in [0, 0.05) is 6.42 Å². The third-order valence-electron chi connectivity index (χ3n) is 3.51. The van der Waals surface area contributed by atoms with Crippen LogP contribution in [-0.4, -0.2) is 22.3 Å². The Morgan fingerprint density at radius 2 is 2.07 bits per heavy atom. The van der Waals surface area contributed by atoms with Gasteiger partial charge in [-0.3, -0.25) is 4.79 Å². The number of aliphatic carboxylic acids is 1. The summed E-state index contributed by atoms with van der Waals surface area (Å²) in [7, 11) is 0. The molecule has 1 rings (SSSR count). The molecule has 0 aromatic rings. The average molecular weight is 214 g/mol. The van der Waals surface area contributed by atoms with Crippen molar-refractivity contribution in [1.82, 2.24) is 0 Å². The van der Waals surface area contributed by atoms with Gasteiger partial charge in [0.05, 0.1) is 6.10 Å². The minimum absolute atomic E-state index is 0.203. The van der Waals surface area contributed by atoms with Crippen LogP contribution in [0.15, 0.2) is 0 Å². The Morgan fingerprint density at radius 1 is 1.33 bits per heavy atom. The highest BCUT2D eigenvalue weighted by atomic mass is 16.4. The molecule has 3 nitrogen and oxygen atoms in total. The molecule has 0 heterocycles. The van der Waals surface area contributed by atoms with Crippen molar-refractivity contribution in [3.63, 3.8) is 0 Å². The number of carbonyl (C=O) groups is 1.